The van der Waals surface area contributed by atoms with Crippen molar-refractivity contribution in [1.82, 2.24) is 5.32 Å². The van der Waals surface area contributed by atoms with E-state index in [-0.39, 0.29) is 11.5 Å². The summed E-state index contributed by atoms with van der Waals surface area (Å²) in [7, 11) is 2.15. The minimum Gasteiger partial charge on any atom is -0.389 e. The maximum absolute atomic E-state index is 9.98. The third kappa shape index (κ3) is 1.86. The van der Waals surface area contributed by atoms with Gasteiger partial charge in [0.05, 0.1) is 6.10 Å². The third-order valence-corrected chi connectivity index (χ3v) is 7.98. The smallest absolute Gasteiger partial charge is 0.0758 e. The molecule has 4 aliphatic rings. The number of nitrogens with one attached hydrogen (secondary N) is 1. The molecular formula is C20H31NO. The Bertz CT molecular complexity index is 524. The van der Waals surface area contributed by atoms with Crippen LogP contribution in [0.1, 0.15) is 52.4 Å². The normalized spacial score (nSPS) is 53.5. The maximum atomic E-state index is 9.98. The molecule has 0 spiro atoms. The molecule has 0 bridgehead atoms. The topological polar surface area (TPSA) is 32.3 Å². The lowest BCUT2D eigenvalue weighted by Crippen LogP contribution is -2.52. The van der Waals surface area contributed by atoms with Crippen LogP contribution in [0.5, 0.6) is 0 Å². The minimum atomic E-state index is -0.259. The molecule has 0 aromatic heterocycles. The van der Waals surface area contributed by atoms with Crippen LogP contribution in [0, 0.1) is 28.6 Å². The highest BCUT2D eigenvalue weighted by atomic mass is 16.3. The largest absolute Gasteiger partial charge is 0.389 e. The Balaban J connectivity index is 1.68. The lowest BCUT2D eigenvalue weighted by atomic mass is 9.49. The summed E-state index contributed by atoms with van der Waals surface area (Å²) in [6, 6.07) is 0.709. The maximum Gasteiger partial charge on any atom is 0.0758 e. The van der Waals surface area contributed by atoms with Crippen molar-refractivity contribution >= 4 is 0 Å². The number of aliphatic hydroxyl groups is 1. The Morgan fingerprint density at radius 3 is 2.77 bits per heavy atom. The third-order valence-electron chi connectivity index (χ3n) is 7.98. The molecule has 0 radical (unpaired) electrons. The van der Waals surface area contributed by atoms with Crippen molar-refractivity contribution in [3.8, 4) is 0 Å². The number of aliphatic hydroxyl groups excluding tert-OH is 1. The lowest BCUT2D eigenvalue weighted by Gasteiger charge is -2.56. The zero-order valence-electron chi connectivity index (χ0n) is 14.3. The van der Waals surface area contributed by atoms with Crippen LogP contribution in [-0.2, 0) is 0 Å². The van der Waals surface area contributed by atoms with Gasteiger partial charge >= 0.3 is 0 Å². The Hall–Kier alpha value is -0.600. The molecule has 0 aliphatic heterocycles. The predicted octanol–water partition coefficient (Wildman–Crippen LogP) is 3.67. The number of rotatable bonds is 1. The van der Waals surface area contributed by atoms with Crippen LogP contribution >= 0.6 is 0 Å². The Morgan fingerprint density at radius 1 is 1.18 bits per heavy atom. The van der Waals surface area contributed by atoms with Crippen molar-refractivity contribution in [2.24, 2.45) is 28.6 Å². The van der Waals surface area contributed by atoms with Crippen molar-refractivity contribution in [2.75, 3.05) is 7.05 Å². The Morgan fingerprint density at radius 2 is 2.00 bits per heavy atom. The number of hydrogen-bond donors (Lipinski definition) is 2. The van der Waals surface area contributed by atoms with Crippen LogP contribution in [-0.4, -0.2) is 24.3 Å². The molecule has 2 unspecified atom stereocenters. The molecule has 22 heavy (non-hydrogen) atoms. The zero-order chi connectivity index (χ0) is 15.5. The number of fused-ring (bicyclic) bond motifs is 5. The lowest BCUT2D eigenvalue weighted by molar-refractivity contribution is -0.0151. The van der Waals surface area contributed by atoms with Crippen molar-refractivity contribution in [3.63, 3.8) is 0 Å². The van der Waals surface area contributed by atoms with E-state index in [1.54, 1.807) is 0 Å². The Kier molecular flexibility index (Phi) is 3.36. The van der Waals surface area contributed by atoms with E-state index in [1.165, 1.54) is 37.7 Å². The minimum absolute atomic E-state index is 0.210. The second kappa shape index (κ2) is 4.95. The second-order valence-electron chi connectivity index (χ2n) is 8.72. The summed E-state index contributed by atoms with van der Waals surface area (Å²) in [6.45, 7) is 4.98. The molecule has 2 saturated carbocycles. The number of hydrogen-bond acceptors (Lipinski definition) is 2. The Labute approximate surface area is 135 Å². The van der Waals surface area contributed by atoms with E-state index in [0.717, 1.165) is 24.2 Å². The van der Waals surface area contributed by atoms with Crippen LogP contribution in [0.2, 0.25) is 0 Å². The molecule has 0 heterocycles. The fraction of sp³-hybridized carbons (Fsp3) is 0.800. The predicted molar refractivity (Wildman–Crippen MR) is 90.5 cm³/mol. The molecule has 7 atom stereocenters. The van der Waals surface area contributed by atoms with Crippen LogP contribution in [0.4, 0.5) is 0 Å². The van der Waals surface area contributed by atoms with Gasteiger partial charge in [0, 0.05) is 11.5 Å². The van der Waals surface area contributed by atoms with E-state index in [4.69, 9.17) is 0 Å². The highest BCUT2D eigenvalue weighted by Gasteiger charge is 2.57. The van der Waals surface area contributed by atoms with Gasteiger partial charge in [-0.1, -0.05) is 37.6 Å². The molecule has 122 valence electrons. The first kappa shape index (κ1) is 15.0. The average molecular weight is 301 g/mol. The molecule has 0 saturated heterocycles. The molecule has 2 N–H and O–H groups in total. The van der Waals surface area contributed by atoms with Gasteiger partial charge in [0.15, 0.2) is 0 Å². The monoisotopic (exact) mass is 301 g/mol. The van der Waals surface area contributed by atoms with Crippen molar-refractivity contribution in [2.45, 2.75) is 64.5 Å². The summed E-state index contributed by atoms with van der Waals surface area (Å²) in [4.78, 5) is 0. The molecule has 2 nitrogen and oxygen atoms in total. The molecule has 0 aromatic rings. The van der Waals surface area contributed by atoms with E-state index < -0.39 is 0 Å². The van der Waals surface area contributed by atoms with E-state index in [9.17, 15) is 5.11 Å². The van der Waals surface area contributed by atoms with Crippen LogP contribution in [0.3, 0.4) is 0 Å². The van der Waals surface area contributed by atoms with Gasteiger partial charge in [-0.25, -0.2) is 0 Å². The first-order chi connectivity index (χ1) is 10.5. The molecule has 2 fully saturated rings. The van der Waals surface area contributed by atoms with Gasteiger partial charge in [0.25, 0.3) is 0 Å². The van der Waals surface area contributed by atoms with E-state index in [1.807, 2.05) is 0 Å². The first-order valence-corrected chi connectivity index (χ1v) is 9.23. The van der Waals surface area contributed by atoms with Gasteiger partial charge in [-0.3, -0.25) is 0 Å². The summed E-state index contributed by atoms with van der Waals surface area (Å²) in [5.41, 5.74) is 2.21. The fourth-order valence-corrected chi connectivity index (χ4v) is 6.71. The van der Waals surface area contributed by atoms with Crippen LogP contribution < -0.4 is 5.32 Å². The zero-order valence-corrected chi connectivity index (χ0v) is 14.3. The summed E-state index contributed by atoms with van der Waals surface area (Å²) in [6.07, 6.45) is 14.2. The summed E-state index contributed by atoms with van der Waals surface area (Å²) in [5, 5.41) is 13.6. The standard InChI is InChI=1S/C20H31NO/c1-19-10-8-14(22)12-13(19)4-5-15-16-6-7-18(21-3)20(16,2)11-9-17(15)19/h4,8,10,14-18,21-22H,5-7,9,11-12H2,1-3H3/t14?,15-,16-,17+,18?,19-,20-/m0/s1. The van der Waals surface area contributed by atoms with Gasteiger partial charge in [0.2, 0.25) is 0 Å². The molecule has 4 rings (SSSR count). The number of allylic oxidation sites excluding steroid dienone is 2. The average Bonchev–Trinajstić information content (AvgIpc) is 2.84. The van der Waals surface area contributed by atoms with Gasteiger partial charge in [-0.05, 0) is 68.7 Å². The molecule has 0 aromatic carbocycles. The van der Waals surface area contributed by atoms with Gasteiger partial charge in [-0.2, -0.15) is 0 Å². The van der Waals surface area contributed by atoms with E-state index in [0.29, 0.717) is 11.5 Å². The molecule has 0 amide bonds. The molecule has 2 heteroatoms. The SMILES string of the molecule is CNC1CC[C@H]2[C@@H]3CC=C4CC(O)C=C[C@]4(C)[C@@H]3CC[C@]12C. The summed E-state index contributed by atoms with van der Waals surface area (Å²) in [5.74, 6) is 2.49. The molecule has 4 aliphatic carbocycles. The quantitative estimate of drug-likeness (QED) is 0.724. The van der Waals surface area contributed by atoms with E-state index >= 15 is 0 Å². The second-order valence-corrected chi connectivity index (χ2v) is 8.72. The highest BCUT2D eigenvalue weighted by Crippen LogP contribution is 2.63. The van der Waals surface area contributed by atoms with Crippen LogP contribution in [0.15, 0.2) is 23.8 Å². The van der Waals surface area contributed by atoms with Crippen molar-refractivity contribution in [3.05, 3.63) is 23.8 Å². The van der Waals surface area contributed by atoms with Crippen LogP contribution in [0.25, 0.3) is 0 Å². The summed E-state index contributed by atoms with van der Waals surface area (Å²) >= 11 is 0. The summed E-state index contributed by atoms with van der Waals surface area (Å²) < 4.78 is 0. The molecular weight excluding hydrogens is 270 g/mol. The van der Waals surface area contributed by atoms with Crippen molar-refractivity contribution in [1.29, 1.82) is 0 Å². The van der Waals surface area contributed by atoms with E-state index in [2.05, 4.69) is 44.4 Å². The highest BCUT2D eigenvalue weighted by molar-refractivity contribution is 5.32. The fourth-order valence-electron chi connectivity index (χ4n) is 6.71. The van der Waals surface area contributed by atoms with Gasteiger partial charge < -0.3 is 10.4 Å². The van der Waals surface area contributed by atoms with Gasteiger partial charge in [-0.15, -0.1) is 0 Å². The first-order valence-electron chi connectivity index (χ1n) is 9.23. The van der Waals surface area contributed by atoms with Gasteiger partial charge in [0.1, 0.15) is 0 Å². The van der Waals surface area contributed by atoms with Crippen molar-refractivity contribution < 1.29 is 5.11 Å².